The van der Waals surface area contributed by atoms with Gasteiger partial charge >= 0.3 is 0 Å². The lowest BCUT2D eigenvalue weighted by Crippen LogP contribution is -2.38. The SMILES string of the molecule is COc1ccc(Cc2c(C)nc(C)nc2N2CCCN(C(=O)C(Cl)Cl)CC2)cc1. The number of benzene rings is 1. The molecule has 1 aliphatic heterocycles. The third-order valence-corrected chi connectivity index (χ3v) is 5.51. The molecule has 1 saturated heterocycles. The summed E-state index contributed by atoms with van der Waals surface area (Å²) in [6.07, 6.45) is 1.56. The number of anilines is 1. The smallest absolute Gasteiger partial charge is 0.255 e. The molecule has 1 aromatic carbocycles. The van der Waals surface area contributed by atoms with Crippen molar-refractivity contribution >= 4 is 34.9 Å². The molecule has 0 radical (unpaired) electrons. The fraction of sp³-hybridized carbons (Fsp3) is 0.476. The maximum absolute atomic E-state index is 12.2. The summed E-state index contributed by atoms with van der Waals surface area (Å²) in [6.45, 7) is 6.63. The molecule has 1 aromatic heterocycles. The van der Waals surface area contributed by atoms with Crippen molar-refractivity contribution in [1.82, 2.24) is 14.9 Å². The molecule has 29 heavy (non-hydrogen) atoms. The van der Waals surface area contributed by atoms with Crippen molar-refractivity contribution in [2.75, 3.05) is 38.2 Å². The number of hydrogen-bond donors (Lipinski definition) is 0. The summed E-state index contributed by atoms with van der Waals surface area (Å²) in [6, 6.07) is 8.05. The largest absolute Gasteiger partial charge is 0.497 e. The Balaban J connectivity index is 1.85. The number of carbonyl (C=O) groups is 1. The van der Waals surface area contributed by atoms with Crippen molar-refractivity contribution in [3.05, 3.63) is 46.9 Å². The molecule has 1 aliphatic rings. The van der Waals surface area contributed by atoms with Gasteiger partial charge in [-0.05, 0) is 38.0 Å². The average molecular weight is 437 g/mol. The molecule has 2 aromatic rings. The minimum Gasteiger partial charge on any atom is -0.497 e. The Labute approximate surface area is 181 Å². The minimum absolute atomic E-state index is 0.233. The number of ether oxygens (including phenoxy) is 1. The maximum Gasteiger partial charge on any atom is 0.255 e. The summed E-state index contributed by atoms with van der Waals surface area (Å²) in [5.41, 5.74) is 3.25. The first-order chi connectivity index (χ1) is 13.9. The van der Waals surface area contributed by atoms with Crippen LogP contribution in [0.2, 0.25) is 0 Å². The highest BCUT2D eigenvalue weighted by molar-refractivity contribution is 6.53. The number of amides is 1. The quantitative estimate of drug-likeness (QED) is 0.670. The van der Waals surface area contributed by atoms with Crippen molar-refractivity contribution in [3.63, 3.8) is 0 Å². The first-order valence-corrected chi connectivity index (χ1v) is 10.5. The van der Waals surface area contributed by atoms with Gasteiger partial charge in [-0.1, -0.05) is 35.3 Å². The zero-order chi connectivity index (χ0) is 21.0. The van der Waals surface area contributed by atoms with Gasteiger partial charge in [-0.25, -0.2) is 9.97 Å². The van der Waals surface area contributed by atoms with Gasteiger partial charge in [-0.2, -0.15) is 0 Å². The van der Waals surface area contributed by atoms with E-state index in [2.05, 4.69) is 22.0 Å². The van der Waals surface area contributed by atoms with Crippen molar-refractivity contribution in [3.8, 4) is 5.75 Å². The predicted octanol–water partition coefficient (Wildman–Crippen LogP) is 3.54. The van der Waals surface area contributed by atoms with E-state index in [1.165, 1.54) is 5.56 Å². The second kappa shape index (κ2) is 9.63. The molecule has 1 amide bonds. The van der Waals surface area contributed by atoms with Gasteiger partial charge in [0.2, 0.25) is 0 Å². The van der Waals surface area contributed by atoms with E-state index in [0.29, 0.717) is 19.6 Å². The highest BCUT2D eigenvalue weighted by atomic mass is 35.5. The summed E-state index contributed by atoms with van der Waals surface area (Å²) in [5.74, 6) is 2.28. The molecule has 0 bridgehead atoms. The maximum atomic E-state index is 12.2. The van der Waals surface area contributed by atoms with Crippen LogP contribution in [0.25, 0.3) is 0 Å². The van der Waals surface area contributed by atoms with Gasteiger partial charge in [0.15, 0.2) is 4.84 Å². The zero-order valence-corrected chi connectivity index (χ0v) is 18.5. The third kappa shape index (κ3) is 5.31. The van der Waals surface area contributed by atoms with Crippen molar-refractivity contribution in [1.29, 1.82) is 0 Å². The van der Waals surface area contributed by atoms with E-state index < -0.39 is 4.84 Å². The van der Waals surface area contributed by atoms with Crippen LogP contribution in [0.15, 0.2) is 24.3 Å². The van der Waals surface area contributed by atoms with Gasteiger partial charge in [0, 0.05) is 43.9 Å². The van der Waals surface area contributed by atoms with E-state index in [4.69, 9.17) is 32.9 Å². The molecular weight excluding hydrogens is 411 g/mol. The van der Waals surface area contributed by atoms with Gasteiger partial charge in [-0.3, -0.25) is 4.79 Å². The van der Waals surface area contributed by atoms with Crippen LogP contribution in [0, 0.1) is 13.8 Å². The molecule has 8 heteroatoms. The van der Waals surface area contributed by atoms with Crippen LogP contribution in [0.3, 0.4) is 0 Å². The number of hydrogen-bond acceptors (Lipinski definition) is 5. The molecule has 0 spiro atoms. The number of aryl methyl sites for hydroxylation is 2. The molecule has 0 unspecified atom stereocenters. The molecule has 6 nitrogen and oxygen atoms in total. The predicted molar refractivity (Wildman–Crippen MR) is 116 cm³/mol. The van der Waals surface area contributed by atoms with E-state index in [9.17, 15) is 4.79 Å². The van der Waals surface area contributed by atoms with Gasteiger partial charge in [0.05, 0.1) is 7.11 Å². The third-order valence-electron chi connectivity index (χ3n) is 5.14. The summed E-state index contributed by atoms with van der Waals surface area (Å²) in [4.78, 5) is 24.5. The van der Waals surface area contributed by atoms with Crippen LogP contribution < -0.4 is 9.64 Å². The molecule has 0 N–H and O–H groups in total. The molecule has 3 rings (SSSR count). The van der Waals surface area contributed by atoms with Crippen LogP contribution in [0.4, 0.5) is 5.82 Å². The Morgan fingerprint density at radius 3 is 2.48 bits per heavy atom. The lowest BCUT2D eigenvalue weighted by molar-refractivity contribution is -0.129. The van der Waals surface area contributed by atoms with E-state index in [0.717, 1.165) is 48.0 Å². The van der Waals surface area contributed by atoms with Crippen LogP contribution in [-0.2, 0) is 11.2 Å². The molecule has 156 valence electrons. The Hall–Kier alpha value is -2.05. The van der Waals surface area contributed by atoms with E-state index >= 15 is 0 Å². The standard InChI is InChI=1S/C21H26Cl2N4O2/c1-14-18(13-16-5-7-17(29-3)8-6-16)20(25-15(2)24-14)26-9-4-10-27(12-11-26)21(28)19(22)23/h5-8,19H,4,9-13H2,1-3H3. The number of alkyl halides is 2. The fourth-order valence-corrected chi connectivity index (χ4v) is 3.90. The van der Waals surface area contributed by atoms with Crippen molar-refractivity contribution in [2.24, 2.45) is 0 Å². The minimum atomic E-state index is -1.02. The number of aromatic nitrogens is 2. The van der Waals surface area contributed by atoms with Gasteiger partial charge in [-0.15, -0.1) is 0 Å². The molecule has 2 heterocycles. The summed E-state index contributed by atoms with van der Waals surface area (Å²) >= 11 is 11.6. The number of methoxy groups -OCH3 is 1. The highest BCUT2D eigenvalue weighted by Crippen LogP contribution is 2.26. The Bertz CT molecular complexity index is 859. The van der Waals surface area contributed by atoms with Crippen LogP contribution in [0.5, 0.6) is 5.75 Å². The molecule has 0 aliphatic carbocycles. The summed E-state index contributed by atoms with van der Waals surface area (Å²) in [7, 11) is 1.66. The lowest BCUT2D eigenvalue weighted by Gasteiger charge is -2.26. The first kappa shape index (κ1) is 21.7. The summed E-state index contributed by atoms with van der Waals surface area (Å²) < 4.78 is 5.25. The number of rotatable bonds is 5. The van der Waals surface area contributed by atoms with E-state index in [1.54, 1.807) is 12.0 Å². The lowest BCUT2D eigenvalue weighted by atomic mass is 10.0. The topological polar surface area (TPSA) is 58.6 Å². The van der Waals surface area contributed by atoms with Crippen LogP contribution in [-0.4, -0.2) is 58.9 Å². The first-order valence-electron chi connectivity index (χ1n) is 9.68. The van der Waals surface area contributed by atoms with Gasteiger partial charge in [0.25, 0.3) is 5.91 Å². The number of halogens is 2. The molecule has 0 saturated carbocycles. The molecule has 1 fully saturated rings. The monoisotopic (exact) mass is 436 g/mol. The van der Waals surface area contributed by atoms with Gasteiger partial charge < -0.3 is 14.5 Å². The van der Waals surface area contributed by atoms with Crippen molar-refractivity contribution in [2.45, 2.75) is 31.5 Å². The second-order valence-electron chi connectivity index (χ2n) is 7.15. The number of nitrogens with zero attached hydrogens (tertiary/aromatic N) is 4. The zero-order valence-electron chi connectivity index (χ0n) is 17.0. The Morgan fingerprint density at radius 1 is 1.10 bits per heavy atom. The Morgan fingerprint density at radius 2 is 1.83 bits per heavy atom. The Kier molecular flexibility index (Phi) is 7.19. The molecular formula is C21H26Cl2N4O2. The second-order valence-corrected chi connectivity index (χ2v) is 8.25. The molecule has 0 atom stereocenters. The van der Waals surface area contributed by atoms with Crippen LogP contribution in [0.1, 0.15) is 29.1 Å². The average Bonchev–Trinajstić information content (AvgIpc) is 2.95. The summed E-state index contributed by atoms with van der Waals surface area (Å²) in [5, 5.41) is 0. The van der Waals surface area contributed by atoms with Crippen molar-refractivity contribution < 1.29 is 9.53 Å². The highest BCUT2D eigenvalue weighted by Gasteiger charge is 2.25. The van der Waals surface area contributed by atoms with Gasteiger partial charge in [0.1, 0.15) is 17.4 Å². The normalized spacial score (nSPS) is 14.8. The number of carbonyl (C=O) groups excluding carboxylic acids is 1. The fourth-order valence-electron chi connectivity index (χ4n) is 3.62. The van der Waals surface area contributed by atoms with Crippen LogP contribution >= 0.6 is 23.2 Å². The van der Waals surface area contributed by atoms with E-state index in [-0.39, 0.29) is 5.91 Å². The van der Waals surface area contributed by atoms with E-state index in [1.807, 2.05) is 26.0 Å².